The number of benzene rings is 3. The minimum absolute atomic E-state index is 0.113. The fourth-order valence-electron chi connectivity index (χ4n) is 6.93. The SMILES string of the molecule is CC1(C)CC(=O)C2=C(C1)N(Cc1ccccc1)C1=C(C(=O)CC(C)(C)C1)C2c1cc(Br)ccc1OCc1ccc(Cl)cc1. The zero-order valence-corrected chi connectivity index (χ0v) is 27.5. The predicted molar refractivity (Wildman–Crippen MR) is 175 cm³/mol. The molecule has 0 unspecified atom stereocenters. The summed E-state index contributed by atoms with van der Waals surface area (Å²) in [5.74, 6) is 0.416. The van der Waals surface area contributed by atoms with E-state index >= 15 is 0 Å². The van der Waals surface area contributed by atoms with Crippen molar-refractivity contribution >= 4 is 39.1 Å². The van der Waals surface area contributed by atoms with E-state index in [2.05, 4.69) is 60.7 Å². The van der Waals surface area contributed by atoms with Crippen LogP contribution in [-0.4, -0.2) is 16.5 Å². The first-order chi connectivity index (χ1) is 20.4. The summed E-state index contributed by atoms with van der Waals surface area (Å²) in [5.41, 5.74) is 6.20. The molecule has 6 rings (SSSR count). The highest BCUT2D eigenvalue weighted by atomic mass is 79.9. The number of ketones is 2. The van der Waals surface area contributed by atoms with Crippen LogP contribution in [0.5, 0.6) is 5.75 Å². The number of allylic oxidation sites excluding steroid dienone is 4. The molecule has 0 fully saturated rings. The molecule has 0 saturated heterocycles. The fourth-order valence-corrected chi connectivity index (χ4v) is 7.44. The minimum atomic E-state index is -0.484. The smallest absolute Gasteiger partial charge is 0.162 e. The monoisotopic (exact) mass is 657 g/mol. The van der Waals surface area contributed by atoms with Gasteiger partial charge in [0.25, 0.3) is 0 Å². The summed E-state index contributed by atoms with van der Waals surface area (Å²) in [5, 5.41) is 0.673. The van der Waals surface area contributed by atoms with Crippen LogP contribution >= 0.6 is 27.5 Å². The summed E-state index contributed by atoms with van der Waals surface area (Å²) in [6, 6.07) is 23.9. The van der Waals surface area contributed by atoms with Crippen molar-refractivity contribution in [3.63, 3.8) is 0 Å². The molecule has 0 N–H and O–H groups in total. The van der Waals surface area contributed by atoms with Crippen molar-refractivity contribution in [2.45, 2.75) is 72.4 Å². The largest absolute Gasteiger partial charge is 0.489 e. The van der Waals surface area contributed by atoms with Gasteiger partial charge in [-0.3, -0.25) is 9.59 Å². The second-order valence-corrected chi connectivity index (χ2v) is 15.1. The van der Waals surface area contributed by atoms with E-state index in [9.17, 15) is 9.59 Å². The molecule has 6 heteroatoms. The van der Waals surface area contributed by atoms with Gasteiger partial charge in [0.2, 0.25) is 0 Å². The van der Waals surface area contributed by atoms with Crippen LogP contribution in [-0.2, 0) is 22.7 Å². The quantitative estimate of drug-likeness (QED) is 0.265. The number of carbonyl (C=O) groups is 2. The van der Waals surface area contributed by atoms with Crippen LogP contribution in [0.25, 0.3) is 0 Å². The third kappa shape index (κ3) is 6.12. The Hall–Kier alpha value is -3.15. The Bertz CT molecular complexity index is 1600. The summed E-state index contributed by atoms with van der Waals surface area (Å²) in [6.45, 7) is 9.65. The second kappa shape index (κ2) is 11.4. The van der Waals surface area contributed by atoms with Crippen LogP contribution in [0, 0.1) is 10.8 Å². The van der Waals surface area contributed by atoms with Crippen molar-refractivity contribution < 1.29 is 14.3 Å². The molecule has 3 aromatic carbocycles. The number of nitrogens with zero attached hydrogens (tertiary/aromatic N) is 1. The van der Waals surface area contributed by atoms with Crippen molar-refractivity contribution in [2.24, 2.45) is 10.8 Å². The molecule has 0 radical (unpaired) electrons. The van der Waals surface area contributed by atoms with Crippen molar-refractivity contribution in [3.8, 4) is 5.75 Å². The van der Waals surface area contributed by atoms with Crippen molar-refractivity contribution in [1.29, 1.82) is 0 Å². The Morgan fingerprint density at radius 1 is 0.791 bits per heavy atom. The lowest BCUT2D eigenvalue weighted by Gasteiger charge is -2.49. The fraction of sp³-hybridized carbons (Fsp3) is 0.351. The molecule has 3 aliphatic rings. The van der Waals surface area contributed by atoms with E-state index in [0.717, 1.165) is 56.5 Å². The topological polar surface area (TPSA) is 46.6 Å². The summed E-state index contributed by atoms with van der Waals surface area (Å²) in [4.78, 5) is 30.8. The molecular formula is C37H37BrClNO3. The van der Waals surface area contributed by atoms with Gasteiger partial charge in [-0.25, -0.2) is 0 Å². The van der Waals surface area contributed by atoms with E-state index in [1.807, 2.05) is 60.7 Å². The van der Waals surface area contributed by atoms with E-state index in [1.54, 1.807) is 0 Å². The van der Waals surface area contributed by atoms with Gasteiger partial charge in [-0.15, -0.1) is 0 Å². The number of rotatable bonds is 6. The molecule has 4 nitrogen and oxygen atoms in total. The molecular weight excluding hydrogens is 622 g/mol. The van der Waals surface area contributed by atoms with Crippen LogP contribution in [0.1, 0.15) is 76.0 Å². The van der Waals surface area contributed by atoms with Gasteiger partial charge in [0.05, 0.1) is 0 Å². The first-order valence-electron chi connectivity index (χ1n) is 14.9. The van der Waals surface area contributed by atoms with E-state index in [4.69, 9.17) is 16.3 Å². The number of ether oxygens (including phenoxy) is 1. The van der Waals surface area contributed by atoms with Gasteiger partial charge >= 0.3 is 0 Å². The van der Waals surface area contributed by atoms with Gasteiger partial charge in [0, 0.05) is 62.9 Å². The van der Waals surface area contributed by atoms with E-state index < -0.39 is 5.92 Å². The Balaban J connectivity index is 1.54. The average Bonchev–Trinajstić information content (AvgIpc) is 2.93. The second-order valence-electron chi connectivity index (χ2n) is 13.7. The van der Waals surface area contributed by atoms with Crippen LogP contribution in [0.15, 0.2) is 99.8 Å². The molecule has 0 spiro atoms. The number of hydrogen-bond donors (Lipinski definition) is 0. The standard InChI is InChI=1S/C37H37BrClNO3/c1-36(2)17-28-34(30(41)19-36)33(27-16-25(38)12-15-32(27)43-22-24-10-13-26(39)14-11-24)35-29(18-37(3,4)20-31(35)42)40(28)21-23-8-6-5-7-9-23/h5-16,33H,17-22H2,1-4H3. The lowest BCUT2D eigenvalue weighted by molar-refractivity contribution is -0.119. The molecule has 0 bridgehead atoms. The summed E-state index contributed by atoms with van der Waals surface area (Å²) in [6.07, 6.45) is 2.41. The first-order valence-corrected chi connectivity index (χ1v) is 16.1. The number of halogens is 2. The Kier molecular flexibility index (Phi) is 7.93. The van der Waals surface area contributed by atoms with Gasteiger partial charge in [-0.2, -0.15) is 0 Å². The van der Waals surface area contributed by atoms with Crippen molar-refractivity contribution in [3.05, 3.63) is 122 Å². The number of carbonyl (C=O) groups excluding carboxylic acids is 2. The Labute approximate surface area is 267 Å². The van der Waals surface area contributed by atoms with Gasteiger partial charge in [-0.05, 0) is 65.1 Å². The molecule has 3 aromatic rings. The summed E-state index contributed by atoms with van der Waals surface area (Å²) < 4.78 is 7.34. The van der Waals surface area contributed by atoms with Crippen LogP contribution in [0.2, 0.25) is 5.02 Å². The maximum atomic E-state index is 14.3. The van der Waals surface area contributed by atoms with Crippen molar-refractivity contribution in [1.82, 2.24) is 4.90 Å². The van der Waals surface area contributed by atoms with Crippen molar-refractivity contribution in [2.75, 3.05) is 0 Å². The molecule has 43 heavy (non-hydrogen) atoms. The van der Waals surface area contributed by atoms with Crippen LogP contribution in [0.3, 0.4) is 0 Å². The zero-order valence-electron chi connectivity index (χ0n) is 25.2. The first kappa shape index (κ1) is 29.9. The maximum absolute atomic E-state index is 14.3. The zero-order chi connectivity index (χ0) is 30.5. The molecule has 1 heterocycles. The van der Waals surface area contributed by atoms with Gasteiger partial charge in [-0.1, -0.05) is 97.7 Å². The van der Waals surface area contributed by atoms with Crippen LogP contribution < -0.4 is 4.74 Å². The van der Waals surface area contributed by atoms with E-state index in [0.29, 0.717) is 36.8 Å². The van der Waals surface area contributed by atoms with Crippen LogP contribution in [0.4, 0.5) is 0 Å². The van der Waals surface area contributed by atoms with Gasteiger partial charge in [0.1, 0.15) is 12.4 Å². The summed E-state index contributed by atoms with van der Waals surface area (Å²) >= 11 is 9.79. The molecule has 1 aliphatic heterocycles. The van der Waals surface area contributed by atoms with Gasteiger partial charge in [0.15, 0.2) is 11.6 Å². The lowest BCUT2D eigenvalue weighted by atomic mass is 9.63. The maximum Gasteiger partial charge on any atom is 0.162 e. The highest BCUT2D eigenvalue weighted by Gasteiger charge is 2.49. The molecule has 222 valence electrons. The minimum Gasteiger partial charge on any atom is -0.489 e. The normalized spacial score (nSPS) is 19.8. The van der Waals surface area contributed by atoms with Gasteiger partial charge < -0.3 is 9.64 Å². The molecule has 0 amide bonds. The molecule has 0 atom stereocenters. The number of Topliss-reactive ketones (excluding diaryl/α,β-unsaturated/α-hetero) is 2. The Morgan fingerprint density at radius 3 is 1.95 bits per heavy atom. The number of hydrogen-bond acceptors (Lipinski definition) is 4. The lowest BCUT2D eigenvalue weighted by Crippen LogP contribution is -2.44. The highest BCUT2D eigenvalue weighted by molar-refractivity contribution is 9.10. The van der Waals surface area contributed by atoms with E-state index in [-0.39, 0.29) is 22.4 Å². The Morgan fingerprint density at radius 2 is 1.37 bits per heavy atom. The predicted octanol–water partition coefficient (Wildman–Crippen LogP) is 9.57. The third-order valence-electron chi connectivity index (χ3n) is 8.80. The highest BCUT2D eigenvalue weighted by Crippen LogP contribution is 2.56. The molecule has 0 saturated carbocycles. The summed E-state index contributed by atoms with van der Waals surface area (Å²) in [7, 11) is 0. The molecule has 0 aromatic heterocycles. The molecule has 2 aliphatic carbocycles. The average molecular weight is 659 g/mol. The third-order valence-corrected chi connectivity index (χ3v) is 9.54. The van der Waals surface area contributed by atoms with E-state index in [1.165, 1.54) is 0 Å².